The lowest BCUT2D eigenvalue weighted by atomic mass is 10.1. The fourth-order valence-corrected chi connectivity index (χ4v) is 3.93. The lowest BCUT2D eigenvalue weighted by Gasteiger charge is -2.35. The summed E-state index contributed by atoms with van der Waals surface area (Å²) in [7, 11) is 1.60. The summed E-state index contributed by atoms with van der Waals surface area (Å²) in [6.45, 7) is 4.67. The van der Waals surface area contributed by atoms with Crippen LogP contribution in [0.3, 0.4) is 0 Å². The summed E-state index contributed by atoms with van der Waals surface area (Å²) in [5.74, 6) is 0.933. The molecule has 8 heteroatoms. The summed E-state index contributed by atoms with van der Waals surface area (Å²) < 4.78 is 10.7. The van der Waals surface area contributed by atoms with Crippen molar-refractivity contribution in [3.63, 3.8) is 0 Å². The van der Waals surface area contributed by atoms with Gasteiger partial charge in [0.25, 0.3) is 5.91 Å². The Balaban J connectivity index is 1.21. The molecule has 0 spiro atoms. The van der Waals surface area contributed by atoms with E-state index in [2.05, 4.69) is 20.1 Å². The summed E-state index contributed by atoms with van der Waals surface area (Å²) in [5, 5.41) is 13.2. The zero-order valence-electron chi connectivity index (χ0n) is 18.8. The number of oxazole rings is 1. The number of hydrogen-bond acceptors (Lipinski definition) is 7. The third kappa shape index (κ3) is 6.64. The third-order valence-corrected chi connectivity index (χ3v) is 5.74. The van der Waals surface area contributed by atoms with Crippen molar-refractivity contribution in [2.45, 2.75) is 19.1 Å². The maximum Gasteiger partial charge on any atom is 0.277 e. The van der Waals surface area contributed by atoms with Crippen LogP contribution in [0.4, 0.5) is 5.69 Å². The van der Waals surface area contributed by atoms with E-state index in [1.165, 1.54) is 6.26 Å². The number of ether oxygens (including phenoxy) is 1. The number of carbonyl (C=O) groups excluding carboxylic acids is 1. The highest BCUT2D eigenvalue weighted by atomic mass is 16.5. The first-order valence-electron chi connectivity index (χ1n) is 11.2. The molecule has 0 bridgehead atoms. The number of piperazine rings is 1. The van der Waals surface area contributed by atoms with Gasteiger partial charge in [-0.1, -0.05) is 30.3 Å². The summed E-state index contributed by atoms with van der Waals surface area (Å²) in [5.41, 5.74) is 2.07. The number of aliphatic hydroxyl groups excluding tert-OH is 1. The Morgan fingerprint density at radius 2 is 1.79 bits per heavy atom. The second-order valence-corrected chi connectivity index (χ2v) is 8.23. The SMILES string of the molecule is COc1ccc(NC(=O)c2coc(CN3CCN(CC(O)Cc4ccccc4)CC3)n2)cc1. The van der Waals surface area contributed by atoms with Crippen LogP contribution in [0.5, 0.6) is 5.75 Å². The summed E-state index contributed by atoms with van der Waals surface area (Å²) >= 11 is 0. The lowest BCUT2D eigenvalue weighted by Crippen LogP contribution is -2.48. The van der Waals surface area contributed by atoms with E-state index in [4.69, 9.17) is 9.15 Å². The molecule has 1 amide bonds. The lowest BCUT2D eigenvalue weighted by molar-refractivity contribution is 0.0675. The van der Waals surface area contributed by atoms with Crippen LogP contribution < -0.4 is 10.1 Å². The van der Waals surface area contributed by atoms with E-state index >= 15 is 0 Å². The topological polar surface area (TPSA) is 91.1 Å². The molecule has 2 N–H and O–H groups in total. The quantitative estimate of drug-likeness (QED) is 0.518. The Morgan fingerprint density at radius 1 is 1.09 bits per heavy atom. The number of nitrogens with zero attached hydrogens (tertiary/aromatic N) is 3. The molecule has 3 aromatic rings. The van der Waals surface area contributed by atoms with Gasteiger partial charge >= 0.3 is 0 Å². The van der Waals surface area contributed by atoms with Crippen molar-refractivity contribution in [3.05, 3.63) is 78.0 Å². The molecule has 2 aromatic carbocycles. The summed E-state index contributed by atoms with van der Waals surface area (Å²) in [4.78, 5) is 21.3. The number of amides is 1. The highest BCUT2D eigenvalue weighted by Crippen LogP contribution is 2.16. The Kier molecular flexibility index (Phi) is 7.72. The smallest absolute Gasteiger partial charge is 0.277 e. The van der Waals surface area contributed by atoms with Crippen molar-refractivity contribution in [3.8, 4) is 5.75 Å². The monoisotopic (exact) mass is 450 g/mol. The molecule has 1 saturated heterocycles. The molecule has 1 unspecified atom stereocenters. The van der Waals surface area contributed by atoms with E-state index < -0.39 is 0 Å². The van der Waals surface area contributed by atoms with Gasteiger partial charge in [-0.25, -0.2) is 4.98 Å². The van der Waals surface area contributed by atoms with Crippen molar-refractivity contribution in [2.75, 3.05) is 45.2 Å². The number of nitrogens with one attached hydrogen (secondary N) is 1. The minimum Gasteiger partial charge on any atom is -0.497 e. The van der Waals surface area contributed by atoms with Gasteiger partial charge in [0.2, 0.25) is 5.89 Å². The molecule has 1 aromatic heterocycles. The van der Waals surface area contributed by atoms with Crippen molar-refractivity contribution in [1.29, 1.82) is 0 Å². The number of methoxy groups -OCH3 is 1. The van der Waals surface area contributed by atoms with Crippen LogP contribution in [0.25, 0.3) is 0 Å². The average molecular weight is 451 g/mol. The highest BCUT2D eigenvalue weighted by Gasteiger charge is 2.21. The molecule has 8 nitrogen and oxygen atoms in total. The predicted molar refractivity (Wildman–Crippen MR) is 125 cm³/mol. The van der Waals surface area contributed by atoms with Crippen LogP contribution in [0.15, 0.2) is 65.3 Å². The van der Waals surface area contributed by atoms with Gasteiger partial charge in [-0.15, -0.1) is 0 Å². The molecule has 0 radical (unpaired) electrons. The second-order valence-electron chi connectivity index (χ2n) is 8.23. The maximum atomic E-state index is 12.4. The van der Waals surface area contributed by atoms with Gasteiger partial charge in [0.15, 0.2) is 5.69 Å². The summed E-state index contributed by atoms with van der Waals surface area (Å²) in [6.07, 6.45) is 1.68. The number of carbonyl (C=O) groups is 1. The van der Waals surface area contributed by atoms with Crippen molar-refractivity contribution < 1.29 is 19.1 Å². The number of aliphatic hydroxyl groups is 1. The van der Waals surface area contributed by atoms with Gasteiger partial charge in [-0.3, -0.25) is 14.6 Å². The molecule has 1 atom stereocenters. The average Bonchev–Trinajstić information content (AvgIpc) is 3.30. The molecule has 174 valence electrons. The molecule has 2 heterocycles. The Labute approximate surface area is 193 Å². The van der Waals surface area contributed by atoms with E-state index in [0.717, 1.165) is 37.5 Å². The number of hydrogen-bond donors (Lipinski definition) is 2. The van der Waals surface area contributed by atoms with Crippen LogP contribution in [0.2, 0.25) is 0 Å². The van der Waals surface area contributed by atoms with Crippen LogP contribution >= 0.6 is 0 Å². The molecule has 0 aliphatic carbocycles. The molecule has 4 rings (SSSR count). The first-order chi connectivity index (χ1) is 16.1. The minimum absolute atomic E-state index is 0.253. The predicted octanol–water partition coefficient (Wildman–Crippen LogP) is 2.66. The van der Waals surface area contributed by atoms with Crippen LogP contribution in [0.1, 0.15) is 21.9 Å². The standard InChI is InChI=1S/C25H30N4O4/c1-32-22-9-7-20(8-10-22)26-25(31)23-18-33-24(27-23)17-29-13-11-28(12-14-29)16-21(30)15-19-5-3-2-4-6-19/h2-10,18,21,30H,11-17H2,1H3,(H,26,31). The van der Waals surface area contributed by atoms with Crippen LogP contribution in [-0.2, 0) is 13.0 Å². The molecular formula is C25H30N4O4. The Morgan fingerprint density at radius 3 is 2.48 bits per heavy atom. The molecule has 0 saturated carbocycles. The zero-order valence-corrected chi connectivity index (χ0v) is 18.8. The largest absolute Gasteiger partial charge is 0.497 e. The minimum atomic E-state index is -0.377. The Bertz CT molecular complexity index is 1010. The van der Waals surface area contributed by atoms with Crippen molar-refractivity contribution in [1.82, 2.24) is 14.8 Å². The number of aromatic nitrogens is 1. The van der Waals surface area contributed by atoms with Gasteiger partial charge in [0, 0.05) is 38.4 Å². The fraction of sp³-hybridized carbons (Fsp3) is 0.360. The van der Waals surface area contributed by atoms with Gasteiger partial charge in [-0.05, 0) is 36.2 Å². The van der Waals surface area contributed by atoms with E-state index in [1.807, 2.05) is 30.3 Å². The van der Waals surface area contributed by atoms with Crippen molar-refractivity contribution in [2.24, 2.45) is 0 Å². The molecular weight excluding hydrogens is 420 g/mol. The normalized spacial score (nSPS) is 15.8. The number of rotatable bonds is 9. The van der Waals surface area contributed by atoms with Crippen LogP contribution in [-0.4, -0.2) is 71.7 Å². The molecule has 33 heavy (non-hydrogen) atoms. The Hall–Kier alpha value is -3.20. The maximum absolute atomic E-state index is 12.4. The fourth-order valence-electron chi connectivity index (χ4n) is 3.93. The number of β-amino-alcohol motifs (C(OH)–C–C–N with tert-alkyl or cyclic N) is 1. The zero-order chi connectivity index (χ0) is 23.0. The van der Waals surface area contributed by atoms with E-state index in [1.54, 1.807) is 31.4 Å². The number of benzene rings is 2. The van der Waals surface area contributed by atoms with Gasteiger partial charge < -0.3 is 19.6 Å². The molecule has 1 aliphatic rings. The van der Waals surface area contributed by atoms with Crippen LogP contribution in [0, 0.1) is 0 Å². The van der Waals surface area contributed by atoms with Gasteiger partial charge in [0.1, 0.15) is 12.0 Å². The first-order valence-corrected chi connectivity index (χ1v) is 11.2. The van der Waals surface area contributed by atoms with E-state index in [9.17, 15) is 9.90 Å². The van der Waals surface area contributed by atoms with Gasteiger partial charge in [0.05, 0.1) is 19.8 Å². The highest BCUT2D eigenvalue weighted by molar-refractivity contribution is 6.02. The van der Waals surface area contributed by atoms with Crippen molar-refractivity contribution >= 4 is 11.6 Å². The third-order valence-electron chi connectivity index (χ3n) is 5.74. The molecule has 1 aliphatic heterocycles. The summed E-state index contributed by atoms with van der Waals surface area (Å²) in [6, 6.07) is 17.2. The first kappa shape index (κ1) is 23.0. The van der Waals surface area contributed by atoms with E-state index in [0.29, 0.717) is 31.1 Å². The second kappa shape index (κ2) is 11.1. The molecule has 1 fully saturated rings. The number of anilines is 1. The van der Waals surface area contributed by atoms with E-state index in [-0.39, 0.29) is 17.7 Å². The van der Waals surface area contributed by atoms with Gasteiger partial charge in [-0.2, -0.15) is 0 Å².